The van der Waals surface area contributed by atoms with Gasteiger partial charge in [0.1, 0.15) is 77.1 Å². The average molecular weight is 596 g/mol. The number of benzene rings is 2. The van der Waals surface area contributed by atoms with Gasteiger partial charge in [-0.1, -0.05) is 0 Å². The summed E-state index contributed by atoms with van der Waals surface area (Å²) in [6.45, 7) is -0.792. The molecule has 0 amide bonds. The molecule has 0 radical (unpaired) electrons. The summed E-state index contributed by atoms with van der Waals surface area (Å²) in [6, 6.07) is 5.47. The van der Waals surface area contributed by atoms with Crippen LogP contribution in [0.2, 0.25) is 0 Å². The molecule has 3 heterocycles. The van der Waals surface area contributed by atoms with Gasteiger partial charge in [0, 0.05) is 17.7 Å². The minimum absolute atomic E-state index is 0.102. The molecule has 228 valence electrons. The summed E-state index contributed by atoms with van der Waals surface area (Å²) in [5, 5.41) is 112. The van der Waals surface area contributed by atoms with E-state index in [4.69, 9.17) is 18.6 Å². The lowest BCUT2D eigenvalue weighted by atomic mass is 9.91. The second-order valence-corrected chi connectivity index (χ2v) is 9.94. The maximum atomic E-state index is 13.0. The molecule has 5 rings (SSSR count). The summed E-state index contributed by atoms with van der Waals surface area (Å²) in [5.41, 5.74) is -1.60. The van der Waals surface area contributed by atoms with E-state index in [1.165, 1.54) is 6.07 Å². The first-order chi connectivity index (χ1) is 19.8. The zero-order valence-electron chi connectivity index (χ0n) is 21.3. The van der Waals surface area contributed by atoms with Crippen LogP contribution in [0.4, 0.5) is 0 Å². The Bertz CT molecular complexity index is 1520. The first-order valence-corrected chi connectivity index (χ1v) is 12.5. The van der Waals surface area contributed by atoms with Crippen molar-refractivity contribution in [2.75, 3.05) is 6.61 Å². The Morgan fingerprint density at radius 1 is 0.714 bits per heavy atom. The van der Waals surface area contributed by atoms with E-state index in [1.54, 1.807) is 0 Å². The van der Waals surface area contributed by atoms with E-state index in [9.17, 15) is 61.0 Å². The van der Waals surface area contributed by atoms with Gasteiger partial charge in [0.15, 0.2) is 29.5 Å². The molecule has 0 spiro atoms. The predicted molar refractivity (Wildman–Crippen MR) is 135 cm³/mol. The Morgan fingerprint density at radius 3 is 2.00 bits per heavy atom. The number of fused-ring (bicyclic) bond motifs is 1. The van der Waals surface area contributed by atoms with Crippen LogP contribution < -0.4 is 5.43 Å². The van der Waals surface area contributed by atoms with Gasteiger partial charge in [-0.25, -0.2) is 0 Å². The standard InChI is InChI=1S/C26H28O16/c27-6-14-17(32)19(34)22(37)25(40-14)42-26-23(38)20(35)21(36)24(41-26)16-11(31)5-13-15(18(16)33)10(30)4-12(39-13)7-1-2-8(28)9(29)3-7/h1-5,14,17,19-29,31-38H,6H2/t14?,17-,19+,20-,21?,22?,23+,24+,25+,26?/m1/s1. The van der Waals surface area contributed by atoms with E-state index in [0.29, 0.717) is 0 Å². The molecule has 0 bridgehead atoms. The molecule has 2 aliphatic rings. The lowest BCUT2D eigenvalue weighted by Crippen LogP contribution is -2.62. The van der Waals surface area contributed by atoms with Gasteiger partial charge in [-0.15, -0.1) is 0 Å². The number of phenolic OH excluding ortho intramolecular Hbond substituents is 4. The maximum Gasteiger partial charge on any atom is 0.197 e. The summed E-state index contributed by atoms with van der Waals surface area (Å²) in [6.07, 6.45) is -18.6. The van der Waals surface area contributed by atoms with Crippen molar-refractivity contribution in [1.82, 2.24) is 0 Å². The van der Waals surface area contributed by atoms with Crippen molar-refractivity contribution in [3.05, 3.63) is 46.1 Å². The van der Waals surface area contributed by atoms with E-state index in [1.807, 2.05) is 0 Å². The third kappa shape index (κ3) is 5.03. The highest BCUT2D eigenvalue weighted by Gasteiger charge is 2.51. The van der Waals surface area contributed by atoms with Gasteiger partial charge in [0.2, 0.25) is 0 Å². The van der Waals surface area contributed by atoms with Crippen LogP contribution in [0.3, 0.4) is 0 Å². The topological polar surface area (TPSA) is 280 Å². The Kier molecular flexibility index (Phi) is 8.03. The van der Waals surface area contributed by atoms with E-state index in [2.05, 4.69) is 0 Å². The zero-order valence-corrected chi connectivity index (χ0v) is 21.3. The molecule has 16 nitrogen and oxygen atoms in total. The molecule has 11 N–H and O–H groups in total. The molecule has 2 aromatic carbocycles. The Labute approximate surface area is 234 Å². The first kappa shape index (κ1) is 29.9. The largest absolute Gasteiger partial charge is 0.507 e. The molecule has 16 heteroatoms. The highest BCUT2D eigenvalue weighted by molar-refractivity contribution is 5.88. The summed E-state index contributed by atoms with van der Waals surface area (Å²) in [5.74, 6) is -2.73. The number of aliphatic hydroxyl groups excluding tert-OH is 7. The third-order valence-corrected chi connectivity index (χ3v) is 7.24. The fourth-order valence-corrected chi connectivity index (χ4v) is 4.91. The molecule has 3 aromatic rings. The van der Waals surface area contributed by atoms with Crippen molar-refractivity contribution in [1.29, 1.82) is 0 Å². The second kappa shape index (κ2) is 11.3. The van der Waals surface area contributed by atoms with Crippen LogP contribution in [0, 0.1) is 0 Å². The Morgan fingerprint density at radius 2 is 1.36 bits per heavy atom. The van der Waals surface area contributed by atoms with Gasteiger partial charge >= 0.3 is 0 Å². The molecule has 42 heavy (non-hydrogen) atoms. The average Bonchev–Trinajstić information content (AvgIpc) is 2.95. The molecular formula is C26H28O16. The summed E-state index contributed by atoms with van der Waals surface area (Å²) < 4.78 is 21.7. The lowest BCUT2D eigenvalue weighted by molar-refractivity contribution is -0.376. The lowest BCUT2D eigenvalue weighted by Gasteiger charge is -2.45. The van der Waals surface area contributed by atoms with Gasteiger partial charge in [-0.3, -0.25) is 4.79 Å². The highest BCUT2D eigenvalue weighted by atomic mass is 16.8. The quantitative estimate of drug-likeness (QED) is 0.137. The van der Waals surface area contributed by atoms with Gasteiger partial charge < -0.3 is 74.8 Å². The number of rotatable bonds is 5. The number of hydrogen-bond acceptors (Lipinski definition) is 16. The van der Waals surface area contributed by atoms with Crippen molar-refractivity contribution in [3.8, 4) is 34.3 Å². The minimum atomic E-state index is -2.05. The number of hydrogen-bond donors (Lipinski definition) is 11. The van der Waals surface area contributed by atoms with Crippen molar-refractivity contribution in [2.24, 2.45) is 0 Å². The Hall–Kier alpha value is -3.55. The van der Waals surface area contributed by atoms with Crippen LogP contribution >= 0.6 is 0 Å². The molecule has 2 aliphatic heterocycles. The van der Waals surface area contributed by atoms with Gasteiger partial charge in [0.25, 0.3) is 0 Å². The predicted octanol–water partition coefficient (Wildman–Crippen LogP) is -2.42. The van der Waals surface area contributed by atoms with Gasteiger partial charge in [-0.2, -0.15) is 0 Å². The van der Waals surface area contributed by atoms with Crippen molar-refractivity contribution in [2.45, 2.75) is 61.4 Å². The summed E-state index contributed by atoms with van der Waals surface area (Å²) in [4.78, 5) is 13.0. The fraction of sp³-hybridized carbons (Fsp3) is 0.423. The van der Waals surface area contributed by atoms with Crippen LogP contribution in [0.25, 0.3) is 22.3 Å². The molecular weight excluding hydrogens is 568 g/mol. The summed E-state index contributed by atoms with van der Waals surface area (Å²) in [7, 11) is 0. The van der Waals surface area contributed by atoms with Crippen LogP contribution in [0.5, 0.6) is 23.0 Å². The van der Waals surface area contributed by atoms with Gasteiger partial charge in [0.05, 0.1) is 12.2 Å². The second-order valence-electron chi connectivity index (χ2n) is 9.94. The number of aliphatic hydroxyl groups is 7. The number of aromatic hydroxyl groups is 4. The molecule has 1 aromatic heterocycles. The summed E-state index contributed by atoms with van der Waals surface area (Å²) >= 11 is 0. The van der Waals surface area contributed by atoms with Crippen LogP contribution in [0.15, 0.2) is 39.5 Å². The first-order valence-electron chi connectivity index (χ1n) is 12.5. The SMILES string of the molecule is O=c1cc(-c2ccc(O)c(O)c2)oc2cc(O)c([C@@H]3OC(O[C@@H]4OC(CO)[C@@H](O)[C@H](O)C4O)[C@@H](O)[C@H](O)C3O)c(O)c12. The van der Waals surface area contributed by atoms with E-state index in [0.717, 1.165) is 24.3 Å². The molecule has 10 atom stereocenters. The molecule has 4 unspecified atom stereocenters. The monoisotopic (exact) mass is 596 g/mol. The van der Waals surface area contributed by atoms with E-state index >= 15 is 0 Å². The van der Waals surface area contributed by atoms with E-state index in [-0.39, 0.29) is 16.9 Å². The number of phenols is 4. The van der Waals surface area contributed by atoms with E-state index < -0.39 is 107 Å². The van der Waals surface area contributed by atoms with Gasteiger partial charge in [-0.05, 0) is 18.2 Å². The van der Waals surface area contributed by atoms with Crippen LogP contribution in [0.1, 0.15) is 11.7 Å². The fourth-order valence-electron chi connectivity index (χ4n) is 4.91. The van der Waals surface area contributed by atoms with Crippen molar-refractivity contribution < 1.29 is 74.8 Å². The van der Waals surface area contributed by atoms with Crippen molar-refractivity contribution >= 4 is 11.0 Å². The maximum absolute atomic E-state index is 13.0. The number of ether oxygens (including phenoxy) is 3. The molecule has 2 fully saturated rings. The zero-order chi connectivity index (χ0) is 30.6. The van der Waals surface area contributed by atoms with Crippen LogP contribution in [-0.2, 0) is 14.2 Å². The minimum Gasteiger partial charge on any atom is -0.507 e. The molecule has 0 saturated carbocycles. The van der Waals surface area contributed by atoms with Crippen LogP contribution in [-0.4, -0.2) is 118 Å². The molecule has 2 saturated heterocycles. The van der Waals surface area contributed by atoms with Crippen molar-refractivity contribution in [3.63, 3.8) is 0 Å². The normalized spacial score (nSPS) is 33.6. The highest BCUT2D eigenvalue weighted by Crippen LogP contribution is 2.45. The Balaban J connectivity index is 1.50. The smallest absolute Gasteiger partial charge is 0.197 e. The third-order valence-electron chi connectivity index (χ3n) is 7.24. The molecule has 0 aliphatic carbocycles.